The third-order valence-corrected chi connectivity index (χ3v) is 3.13. The summed E-state index contributed by atoms with van der Waals surface area (Å²) in [5.41, 5.74) is 0.257. The zero-order chi connectivity index (χ0) is 12.9. The molecule has 0 heterocycles. The molecular weight excluding hydrogens is 202 g/mol. The van der Waals surface area contributed by atoms with Crippen molar-refractivity contribution in [1.82, 2.24) is 4.90 Å². The minimum absolute atomic E-state index is 0.197. The Labute approximate surface area is 99.8 Å². The molecule has 0 aliphatic heterocycles. The van der Waals surface area contributed by atoms with Gasteiger partial charge in [-0.15, -0.1) is 0 Å². The van der Waals surface area contributed by atoms with Crippen LogP contribution >= 0.6 is 0 Å². The van der Waals surface area contributed by atoms with Gasteiger partial charge in [-0.3, -0.25) is 9.69 Å². The normalized spacial score (nSPS) is 16.2. The fourth-order valence-electron chi connectivity index (χ4n) is 1.74. The molecule has 1 N–H and O–H groups in total. The molecule has 0 aromatic heterocycles. The van der Waals surface area contributed by atoms with E-state index in [-0.39, 0.29) is 17.4 Å². The molecule has 0 aliphatic rings. The predicted octanol–water partition coefficient (Wildman–Crippen LogP) is 2.85. The topological polar surface area (TPSA) is 40.5 Å². The Balaban J connectivity index is 4.40. The number of aliphatic carboxylic acids is 1. The van der Waals surface area contributed by atoms with Gasteiger partial charge in [0.2, 0.25) is 0 Å². The number of carboxylic acids is 1. The largest absolute Gasteiger partial charge is 0.480 e. The average Bonchev–Trinajstić information content (AvgIpc) is 2.13. The molecule has 3 heteroatoms. The Morgan fingerprint density at radius 3 is 2.19 bits per heavy atom. The van der Waals surface area contributed by atoms with Crippen LogP contribution in [0.1, 0.15) is 47.5 Å². The van der Waals surface area contributed by atoms with E-state index in [1.54, 1.807) is 0 Å². The van der Waals surface area contributed by atoms with E-state index in [4.69, 9.17) is 0 Å². The smallest absolute Gasteiger partial charge is 0.321 e. The van der Waals surface area contributed by atoms with Crippen LogP contribution in [0.4, 0.5) is 0 Å². The average molecular weight is 229 g/mol. The van der Waals surface area contributed by atoms with E-state index in [0.717, 1.165) is 19.4 Å². The van der Waals surface area contributed by atoms with Gasteiger partial charge in [0, 0.05) is 0 Å². The van der Waals surface area contributed by atoms with Gasteiger partial charge >= 0.3 is 5.97 Å². The molecule has 0 bridgehead atoms. The number of carboxylic acid groups (broad SMARTS) is 1. The molecule has 0 saturated carbocycles. The van der Waals surface area contributed by atoms with Gasteiger partial charge in [-0.2, -0.15) is 0 Å². The van der Waals surface area contributed by atoms with Crippen molar-refractivity contribution in [3.05, 3.63) is 0 Å². The summed E-state index contributed by atoms with van der Waals surface area (Å²) >= 11 is 0. The van der Waals surface area contributed by atoms with E-state index >= 15 is 0 Å². The zero-order valence-corrected chi connectivity index (χ0v) is 11.6. The Kier molecular flexibility index (Phi) is 6.01. The summed E-state index contributed by atoms with van der Waals surface area (Å²) in [6.07, 6.45) is 1.92. The minimum Gasteiger partial charge on any atom is -0.480 e. The first-order valence-electron chi connectivity index (χ1n) is 6.12. The molecule has 0 saturated heterocycles. The third kappa shape index (κ3) is 5.50. The van der Waals surface area contributed by atoms with E-state index in [1.165, 1.54) is 0 Å². The number of nitrogens with zero attached hydrogens (tertiary/aromatic N) is 1. The summed E-state index contributed by atoms with van der Waals surface area (Å²) in [6, 6.07) is -0.354. The maximum Gasteiger partial charge on any atom is 0.321 e. The number of hydrogen-bond acceptors (Lipinski definition) is 2. The minimum atomic E-state index is -0.703. The fraction of sp³-hybridized carbons (Fsp3) is 0.923. The molecule has 2 atom stereocenters. The Morgan fingerprint density at radius 1 is 1.38 bits per heavy atom. The highest BCUT2D eigenvalue weighted by atomic mass is 16.4. The second kappa shape index (κ2) is 6.24. The molecule has 0 aromatic carbocycles. The number of hydrogen-bond donors (Lipinski definition) is 1. The van der Waals surface area contributed by atoms with Gasteiger partial charge < -0.3 is 5.11 Å². The fourth-order valence-corrected chi connectivity index (χ4v) is 1.74. The molecule has 0 amide bonds. The van der Waals surface area contributed by atoms with Crippen molar-refractivity contribution in [2.24, 2.45) is 11.3 Å². The first kappa shape index (κ1) is 15.4. The molecule has 0 rings (SSSR count). The van der Waals surface area contributed by atoms with Crippen LogP contribution in [-0.4, -0.2) is 35.6 Å². The lowest BCUT2D eigenvalue weighted by Crippen LogP contribution is -2.44. The van der Waals surface area contributed by atoms with E-state index in [1.807, 2.05) is 25.8 Å². The van der Waals surface area contributed by atoms with Crippen molar-refractivity contribution in [2.45, 2.75) is 53.5 Å². The summed E-state index contributed by atoms with van der Waals surface area (Å²) in [4.78, 5) is 13.2. The lowest BCUT2D eigenvalue weighted by atomic mass is 9.91. The molecule has 0 aliphatic carbocycles. The number of carbonyl (C=O) groups is 1. The highest BCUT2D eigenvalue weighted by Gasteiger charge is 2.28. The molecule has 0 radical (unpaired) electrons. The first-order valence-corrected chi connectivity index (χ1v) is 6.12. The molecule has 0 aromatic rings. The van der Waals surface area contributed by atoms with Crippen LogP contribution in [0.15, 0.2) is 0 Å². The van der Waals surface area contributed by atoms with Crippen LogP contribution in [0.2, 0.25) is 0 Å². The Bertz CT molecular complexity index is 220. The summed E-state index contributed by atoms with van der Waals surface area (Å²) in [7, 11) is 1.91. The summed E-state index contributed by atoms with van der Waals surface area (Å²) in [5.74, 6) is -0.506. The van der Waals surface area contributed by atoms with E-state index in [0.29, 0.717) is 0 Å². The van der Waals surface area contributed by atoms with Gasteiger partial charge in [0.15, 0.2) is 0 Å². The van der Waals surface area contributed by atoms with Crippen molar-refractivity contribution in [1.29, 1.82) is 0 Å². The lowest BCUT2D eigenvalue weighted by Gasteiger charge is -2.31. The van der Waals surface area contributed by atoms with Crippen molar-refractivity contribution in [2.75, 3.05) is 13.6 Å². The van der Waals surface area contributed by atoms with Crippen LogP contribution in [0.3, 0.4) is 0 Å². The highest BCUT2D eigenvalue weighted by Crippen LogP contribution is 2.21. The third-order valence-electron chi connectivity index (χ3n) is 3.13. The molecule has 0 spiro atoms. The summed E-state index contributed by atoms with van der Waals surface area (Å²) in [6.45, 7) is 11.4. The van der Waals surface area contributed by atoms with Crippen LogP contribution in [-0.2, 0) is 4.79 Å². The Morgan fingerprint density at radius 2 is 1.88 bits per heavy atom. The maximum absolute atomic E-state index is 11.2. The van der Waals surface area contributed by atoms with E-state index < -0.39 is 5.97 Å². The molecule has 96 valence electrons. The lowest BCUT2D eigenvalue weighted by molar-refractivity contribution is -0.144. The molecule has 0 fully saturated rings. The van der Waals surface area contributed by atoms with Crippen molar-refractivity contribution >= 4 is 5.97 Å². The standard InChI is InChI=1S/C13H27NO2/c1-7-10(2)11(12(15)16)14(6)9-8-13(3,4)5/h10-11H,7-9H2,1-6H3,(H,15,16). The van der Waals surface area contributed by atoms with Crippen LogP contribution < -0.4 is 0 Å². The molecule has 16 heavy (non-hydrogen) atoms. The van der Waals surface area contributed by atoms with E-state index in [2.05, 4.69) is 20.8 Å². The Hall–Kier alpha value is -0.570. The van der Waals surface area contributed by atoms with Crippen molar-refractivity contribution < 1.29 is 9.90 Å². The maximum atomic E-state index is 11.2. The molecular formula is C13H27NO2. The van der Waals surface area contributed by atoms with Gasteiger partial charge in [-0.1, -0.05) is 41.0 Å². The van der Waals surface area contributed by atoms with Gasteiger partial charge in [-0.05, 0) is 31.3 Å². The second-order valence-corrected chi connectivity index (χ2v) is 5.96. The highest BCUT2D eigenvalue weighted by molar-refractivity contribution is 5.73. The predicted molar refractivity (Wildman–Crippen MR) is 67.6 cm³/mol. The van der Waals surface area contributed by atoms with Gasteiger partial charge in [0.25, 0.3) is 0 Å². The van der Waals surface area contributed by atoms with Gasteiger partial charge in [0.05, 0.1) is 0 Å². The van der Waals surface area contributed by atoms with Crippen molar-refractivity contribution in [3.63, 3.8) is 0 Å². The van der Waals surface area contributed by atoms with Crippen LogP contribution in [0.5, 0.6) is 0 Å². The SMILES string of the molecule is CCC(C)C(C(=O)O)N(C)CCC(C)(C)C. The molecule has 2 unspecified atom stereocenters. The van der Waals surface area contributed by atoms with Crippen molar-refractivity contribution in [3.8, 4) is 0 Å². The molecule has 3 nitrogen and oxygen atoms in total. The second-order valence-electron chi connectivity index (χ2n) is 5.96. The number of likely N-dealkylation sites (N-methyl/N-ethyl adjacent to an activating group) is 1. The van der Waals surface area contributed by atoms with Gasteiger partial charge in [-0.25, -0.2) is 0 Å². The van der Waals surface area contributed by atoms with Crippen LogP contribution in [0.25, 0.3) is 0 Å². The zero-order valence-electron chi connectivity index (χ0n) is 11.6. The summed E-state index contributed by atoms with van der Waals surface area (Å²) in [5, 5.41) is 9.23. The monoisotopic (exact) mass is 229 g/mol. The van der Waals surface area contributed by atoms with Crippen LogP contribution in [0, 0.1) is 11.3 Å². The quantitative estimate of drug-likeness (QED) is 0.761. The first-order chi connectivity index (χ1) is 7.19. The van der Waals surface area contributed by atoms with Gasteiger partial charge in [0.1, 0.15) is 6.04 Å². The summed E-state index contributed by atoms with van der Waals surface area (Å²) < 4.78 is 0. The number of rotatable bonds is 6. The van der Waals surface area contributed by atoms with E-state index in [9.17, 15) is 9.90 Å².